The van der Waals surface area contributed by atoms with Gasteiger partial charge in [-0.25, -0.2) is 4.39 Å². The molecule has 0 radical (unpaired) electrons. The van der Waals surface area contributed by atoms with Crippen LogP contribution in [0.4, 0.5) is 4.39 Å². The van der Waals surface area contributed by atoms with Gasteiger partial charge in [0, 0.05) is 17.1 Å². The Morgan fingerprint density at radius 1 is 1.12 bits per heavy atom. The number of fused-ring (bicyclic) bond motifs is 1. The molecule has 88 valence electrons. The Kier molecular flexibility index (Phi) is 2.56. The van der Waals surface area contributed by atoms with E-state index in [1.165, 1.54) is 0 Å². The number of nitrogens with one attached hydrogen (secondary N) is 1. The lowest BCUT2D eigenvalue weighted by atomic mass is 9.85. The van der Waals surface area contributed by atoms with Crippen molar-refractivity contribution in [2.45, 2.75) is 18.5 Å². The molecule has 1 saturated heterocycles. The van der Waals surface area contributed by atoms with E-state index in [9.17, 15) is 4.39 Å². The van der Waals surface area contributed by atoms with E-state index in [2.05, 4.69) is 10.3 Å². The lowest BCUT2D eigenvalue weighted by molar-refractivity contribution is 0.117. The first-order chi connectivity index (χ1) is 8.30. The molecule has 1 aromatic heterocycles. The van der Waals surface area contributed by atoms with Gasteiger partial charge in [0.25, 0.3) is 0 Å². The smallest absolute Gasteiger partial charge is 0.139 e. The van der Waals surface area contributed by atoms with Gasteiger partial charge in [-0.2, -0.15) is 0 Å². The summed E-state index contributed by atoms with van der Waals surface area (Å²) in [6, 6.07) is 9.60. The molecule has 2 heterocycles. The van der Waals surface area contributed by atoms with Gasteiger partial charge >= 0.3 is 0 Å². The molecule has 0 spiro atoms. The van der Waals surface area contributed by atoms with Crippen LogP contribution in [0.25, 0.3) is 10.9 Å². The van der Waals surface area contributed by atoms with E-state index >= 15 is 0 Å². The number of hydrogen-bond acceptors (Lipinski definition) is 2. The first kappa shape index (κ1) is 10.7. The van der Waals surface area contributed by atoms with E-state index in [-0.39, 0.29) is 0 Å². The number of benzene rings is 1. The molecular formula is C14H15FN2. The van der Waals surface area contributed by atoms with Gasteiger partial charge < -0.3 is 5.32 Å². The second-order valence-electron chi connectivity index (χ2n) is 4.59. The second-order valence-corrected chi connectivity index (χ2v) is 4.59. The summed E-state index contributed by atoms with van der Waals surface area (Å²) in [6.07, 6.45) is 2.79. The Bertz CT molecular complexity index is 527. The van der Waals surface area contributed by atoms with Crippen LogP contribution < -0.4 is 5.32 Å². The van der Waals surface area contributed by atoms with Crippen LogP contribution in [0, 0.1) is 0 Å². The molecule has 1 aliphatic heterocycles. The third kappa shape index (κ3) is 1.80. The zero-order valence-corrected chi connectivity index (χ0v) is 9.62. The fourth-order valence-electron chi connectivity index (χ4n) is 2.58. The van der Waals surface area contributed by atoms with Gasteiger partial charge in [-0.05, 0) is 38.1 Å². The summed E-state index contributed by atoms with van der Waals surface area (Å²) in [5.41, 5.74) is 0.471. The monoisotopic (exact) mass is 230 g/mol. The lowest BCUT2D eigenvalue weighted by Gasteiger charge is -2.31. The summed E-state index contributed by atoms with van der Waals surface area (Å²) in [5, 5.41) is 4.15. The summed E-state index contributed by atoms with van der Waals surface area (Å²) in [6.45, 7) is 1.49. The molecule has 0 saturated carbocycles. The van der Waals surface area contributed by atoms with E-state index in [0.717, 1.165) is 29.6 Å². The van der Waals surface area contributed by atoms with Crippen LogP contribution in [0.3, 0.4) is 0 Å². The van der Waals surface area contributed by atoms with Gasteiger partial charge in [0.1, 0.15) is 5.67 Å². The van der Waals surface area contributed by atoms with Crippen molar-refractivity contribution < 1.29 is 4.39 Å². The second kappa shape index (κ2) is 4.08. The maximum atomic E-state index is 15.0. The number of para-hydroxylation sites is 1. The van der Waals surface area contributed by atoms with Gasteiger partial charge in [0.2, 0.25) is 0 Å². The predicted octanol–water partition coefficient (Wildman–Crippen LogP) is 2.78. The molecule has 3 heteroatoms. The summed E-state index contributed by atoms with van der Waals surface area (Å²) in [5.74, 6) is 0. The Hall–Kier alpha value is -1.48. The highest BCUT2D eigenvalue weighted by Crippen LogP contribution is 2.38. The van der Waals surface area contributed by atoms with Crippen molar-refractivity contribution in [3.63, 3.8) is 0 Å². The van der Waals surface area contributed by atoms with Crippen LogP contribution >= 0.6 is 0 Å². The SMILES string of the molecule is FC1(c2ccnc3ccccc23)CCNCC1. The normalized spacial score (nSPS) is 19.4. The fourth-order valence-corrected chi connectivity index (χ4v) is 2.58. The van der Waals surface area contributed by atoms with Crippen LogP contribution in [0.15, 0.2) is 36.5 Å². The molecule has 1 fully saturated rings. The van der Waals surface area contributed by atoms with Gasteiger partial charge in [-0.1, -0.05) is 18.2 Å². The summed E-state index contributed by atoms with van der Waals surface area (Å²) in [7, 11) is 0. The molecule has 1 aromatic carbocycles. The van der Waals surface area contributed by atoms with E-state index in [0.29, 0.717) is 12.8 Å². The van der Waals surface area contributed by atoms with Crippen LogP contribution in [0.2, 0.25) is 0 Å². The highest BCUT2D eigenvalue weighted by atomic mass is 19.1. The van der Waals surface area contributed by atoms with Gasteiger partial charge in [-0.15, -0.1) is 0 Å². The van der Waals surface area contributed by atoms with Crippen molar-refractivity contribution in [3.05, 3.63) is 42.1 Å². The number of hydrogen-bond donors (Lipinski definition) is 1. The molecule has 2 nitrogen and oxygen atoms in total. The molecule has 17 heavy (non-hydrogen) atoms. The highest BCUT2D eigenvalue weighted by molar-refractivity contribution is 5.82. The predicted molar refractivity (Wildman–Crippen MR) is 66.6 cm³/mol. The Balaban J connectivity index is 2.16. The van der Waals surface area contributed by atoms with Crippen molar-refractivity contribution in [2.75, 3.05) is 13.1 Å². The maximum absolute atomic E-state index is 15.0. The number of rotatable bonds is 1. The van der Waals surface area contributed by atoms with E-state index in [1.807, 2.05) is 30.3 Å². The Labute approximate surface area is 99.9 Å². The molecule has 0 unspecified atom stereocenters. The lowest BCUT2D eigenvalue weighted by Crippen LogP contribution is -2.36. The minimum atomic E-state index is -1.20. The zero-order chi connectivity index (χ0) is 11.7. The number of alkyl halides is 1. The van der Waals surface area contributed by atoms with E-state index in [4.69, 9.17) is 0 Å². The highest BCUT2D eigenvalue weighted by Gasteiger charge is 2.34. The maximum Gasteiger partial charge on any atom is 0.139 e. The molecule has 0 bridgehead atoms. The standard InChI is InChI=1S/C14H15FN2/c15-14(6-9-16-10-7-14)12-5-8-17-13-4-2-1-3-11(12)13/h1-5,8,16H,6-7,9-10H2. The molecule has 3 rings (SSSR count). The van der Waals surface area contributed by atoms with E-state index in [1.54, 1.807) is 6.20 Å². The van der Waals surface area contributed by atoms with E-state index < -0.39 is 5.67 Å². The van der Waals surface area contributed by atoms with Crippen molar-refractivity contribution in [3.8, 4) is 0 Å². The minimum absolute atomic E-state index is 0.543. The fraction of sp³-hybridized carbons (Fsp3) is 0.357. The molecule has 2 aromatic rings. The molecule has 1 N–H and O–H groups in total. The Morgan fingerprint density at radius 2 is 1.88 bits per heavy atom. The van der Waals surface area contributed by atoms with Crippen molar-refractivity contribution >= 4 is 10.9 Å². The van der Waals surface area contributed by atoms with Crippen LogP contribution in [0.1, 0.15) is 18.4 Å². The van der Waals surface area contributed by atoms with Crippen molar-refractivity contribution in [1.82, 2.24) is 10.3 Å². The van der Waals surface area contributed by atoms with Crippen molar-refractivity contribution in [1.29, 1.82) is 0 Å². The quantitative estimate of drug-likeness (QED) is 0.814. The van der Waals surface area contributed by atoms with Crippen LogP contribution in [-0.4, -0.2) is 18.1 Å². The number of piperidine rings is 1. The molecule has 0 atom stereocenters. The number of halogens is 1. The first-order valence-electron chi connectivity index (χ1n) is 6.03. The van der Waals surface area contributed by atoms with Gasteiger partial charge in [0.05, 0.1) is 5.52 Å². The molecule has 0 aliphatic carbocycles. The number of aromatic nitrogens is 1. The summed E-state index contributed by atoms with van der Waals surface area (Å²) in [4.78, 5) is 4.29. The zero-order valence-electron chi connectivity index (χ0n) is 9.62. The summed E-state index contributed by atoms with van der Waals surface area (Å²) < 4.78 is 15.0. The largest absolute Gasteiger partial charge is 0.316 e. The van der Waals surface area contributed by atoms with Crippen LogP contribution in [-0.2, 0) is 5.67 Å². The third-order valence-corrected chi connectivity index (χ3v) is 3.53. The van der Waals surface area contributed by atoms with Crippen LogP contribution in [0.5, 0.6) is 0 Å². The van der Waals surface area contributed by atoms with Gasteiger partial charge in [0.15, 0.2) is 0 Å². The van der Waals surface area contributed by atoms with Crippen molar-refractivity contribution in [2.24, 2.45) is 0 Å². The number of nitrogens with zero attached hydrogens (tertiary/aromatic N) is 1. The third-order valence-electron chi connectivity index (χ3n) is 3.53. The first-order valence-corrected chi connectivity index (χ1v) is 6.03. The average molecular weight is 230 g/mol. The minimum Gasteiger partial charge on any atom is -0.316 e. The summed E-state index contributed by atoms with van der Waals surface area (Å²) >= 11 is 0. The molecule has 1 aliphatic rings. The Morgan fingerprint density at radius 3 is 2.71 bits per heavy atom. The molecule has 0 amide bonds. The van der Waals surface area contributed by atoms with Gasteiger partial charge in [-0.3, -0.25) is 4.98 Å². The number of pyridine rings is 1. The topological polar surface area (TPSA) is 24.9 Å². The molecular weight excluding hydrogens is 215 g/mol. The average Bonchev–Trinajstić information content (AvgIpc) is 2.39.